The van der Waals surface area contributed by atoms with E-state index in [1.807, 2.05) is 0 Å². The lowest BCUT2D eigenvalue weighted by Crippen LogP contribution is -2.33. The van der Waals surface area contributed by atoms with Crippen molar-refractivity contribution in [2.75, 3.05) is 5.88 Å². The highest BCUT2D eigenvalue weighted by atomic mass is 35.5. The maximum atomic E-state index is 11.8. The lowest BCUT2D eigenvalue weighted by atomic mass is 10.2. The molecule has 1 aromatic heterocycles. The predicted octanol–water partition coefficient (Wildman–Crippen LogP) is 1.93. The van der Waals surface area contributed by atoms with Crippen molar-refractivity contribution in [3.05, 3.63) is 11.6 Å². The molecule has 0 aromatic carbocycles. The van der Waals surface area contributed by atoms with Gasteiger partial charge in [-0.1, -0.05) is 0 Å². The van der Waals surface area contributed by atoms with Crippen molar-refractivity contribution < 1.29 is 8.42 Å². The summed E-state index contributed by atoms with van der Waals surface area (Å²) in [5, 5.41) is 1.64. The lowest BCUT2D eigenvalue weighted by molar-refractivity contribution is 0.561. The van der Waals surface area contributed by atoms with E-state index in [1.165, 1.54) is 6.20 Å². The molecular formula is C7H10ClNO2S2. The van der Waals surface area contributed by atoms with Crippen LogP contribution in [0, 0.1) is 0 Å². The number of rotatable bonds is 3. The fourth-order valence-corrected chi connectivity index (χ4v) is 3.61. The predicted molar refractivity (Wildman–Crippen MR) is 54.1 cm³/mol. The van der Waals surface area contributed by atoms with Crippen LogP contribution in [-0.4, -0.2) is 24.0 Å². The quantitative estimate of drug-likeness (QED) is 0.758. The minimum absolute atomic E-state index is 0.0644. The summed E-state index contributed by atoms with van der Waals surface area (Å²) in [6.07, 6.45) is 1.47. The van der Waals surface area contributed by atoms with E-state index in [-0.39, 0.29) is 10.2 Å². The molecule has 0 spiro atoms. The van der Waals surface area contributed by atoms with E-state index in [0.717, 1.165) is 11.3 Å². The highest BCUT2D eigenvalue weighted by molar-refractivity contribution is 7.94. The van der Waals surface area contributed by atoms with Crippen molar-refractivity contribution in [1.29, 1.82) is 0 Å². The van der Waals surface area contributed by atoms with Gasteiger partial charge in [-0.3, -0.25) is 0 Å². The van der Waals surface area contributed by atoms with Crippen molar-refractivity contribution in [1.82, 2.24) is 4.98 Å². The fraction of sp³-hybridized carbons (Fsp3) is 0.571. The molecule has 0 radical (unpaired) electrons. The van der Waals surface area contributed by atoms with Crippen molar-refractivity contribution in [3.8, 4) is 0 Å². The Labute approximate surface area is 86.7 Å². The molecule has 0 atom stereocenters. The standard InChI is InChI=1S/C7H10ClNO2S2/c1-7(2,5-8)13(10,11)6-9-3-4-12-6/h3-4H,5H2,1-2H3. The fourth-order valence-electron chi connectivity index (χ4n) is 0.651. The van der Waals surface area contributed by atoms with Crippen LogP contribution in [0.5, 0.6) is 0 Å². The van der Waals surface area contributed by atoms with Gasteiger partial charge in [0, 0.05) is 17.5 Å². The molecule has 0 saturated heterocycles. The van der Waals surface area contributed by atoms with Gasteiger partial charge in [-0.15, -0.1) is 22.9 Å². The Hall–Kier alpha value is -0.130. The lowest BCUT2D eigenvalue weighted by Gasteiger charge is -2.19. The van der Waals surface area contributed by atoms with Crippen molar-refractivity contribution in [2.45, 2.75) is 22.9 Å². The molecule has 0 bridgehead atoms. The van der Waals surface area contributed by atoms with Gasteiger partial charge in [0.1, 0.15) is 0 Å². The van der Waals surface area contributed by atoms with Gasteiger partial charge in [0.25, 0.3) is 0 Å². The largest absolute Gasteiger partial charge is 0.234 e. The monoisotopic (exact) mass is 239 g/mol. The second-order valence-electron chi connectivity index (χ2n) is 3.19. The SMILES string of the molecule is CC(C)(CCl)S(=O)(=O)c1nccs1. The minimum Gasteiger partial charge on any atom is -0.234 e. The minimum atomic E-state index is -3.37. The summed E-state index contributed by atoms with van der Waals surface area (Å²) in [7, 11) is -3.37. The number of alkyl halides is 1. The first-order valence-electron chi connectivity index (χ1n) is 3.62. The summed E-state index contributed by atoms with van der Waals surface area (Å²) < 4.78 is 22.8. The summed E-state index contributed by atoms with van der Waals surface area (Å²) in [4.78, 5) is 3.77. The second kappa shape index (κ2) is 3.55. The van der Waals surface area contributed by atoms with Gasteiger partial charge >= 0.3 is 0 Å². The molecule has 6 heteroatoms. The van der Waals surface area contributed by atoms with Crippen LogP contribution in [0.4, 0.5) is 0 Å². The average molecular weight is 240 g/mol. The van der Waals surface area contributed by atoms with Gasteiger partial charge in [0.05, 0.1) is 4.75 Å². The van der Waals surface area contributed by atoms with Crippen molar-refractivity contribution in [2.24, 2.45) is 0 Å². The van der Waals surface area contributed by atoms with Gasteiger partial charge in [0.15, 0.2) is 0 Å². The molecule has 0 aliphatic heterocycles. The third-order valence-corrected chi connectivity index (χ3v) is 6.19. The average Bonchev–Trinajstić information content (AvgIpc) is 2.56. The van der Waals surface area contributed by atoms with Gasteiger partial charge in [-0.05, 0) is 13.8 Å². The van der Waals surface area contributed by atoms with Gasteiger partial charge in [0.2, 0.25) is 14.2 Å². The third-order valence-electron chi connectivity index (χ3n) is 1.69. The molecule has 0 aliphatic carbocycles. The van der Waals surface area contributed by atoms with Gasteiger partial charge < -0.3 is 0 Å². The topological polar surface area (TPSA) is 47.0 Å². The van der Waals surface area contributed by atoms with Crippen LogP contribution in [0.2, 0.25) is 0 Å². The molecule has 3 nitrogen and oxygen atoms in total. The summed E-state index contributed by atoms with van der Waals surface area (Å²) in [6, 6.07) is 0. The van der Waals surface area contributed by atoms with Crippen LogP contribution in [-0.2, 0) is 9.84 Å². The molecule has 1 rings (SSSR count). The zero-order chi connectivity index (χ0) is 10.1. The maximum absolute atomic E-state index is 11.8. The molecule has 0 saturated carbocycles. The molecule has 0 fully saturated rings. The zero-order valence-electron chi connectivity index (χ0n) is 7.32. The Morgan fingerprint density at radius 1 is 1.62 bits per heavy atom. The number of aromatic nitrogens is 1. The smallest absolute Gasteiger partial charge is 0.211 e. The Morgan fingerprint density at radius 2 is 2.23 bits per heavy atom. The first-order chi connectivity index (χ1) is 5.92. The highest BCUT2D eigenvalue weighted by Gasteiger charge is 2.36. The van der Waals surface area contributed by atoms with Crippen LogP contribution < -0.4 is 0 Å². The first kappa shape index (κ1) is 10.9. The molecule has 0 unspecified atom stereocenters. The number of thiazole rings is 1. The Balaban J connectivity index is 3.18. The van der Waals surface area contributed by atoms with Crippen LogP contribution in [0.15, 0.2) is 15.9 Å². The third kappa shape index (κ3) is 1.87. The van der Waals surface area contributed by atoms with Crippen molar-refractivity contribution in [3.63, 3.8) is 0 Å². The van der Waals surface area contributed by atoms with E-state index in [4.69, 9.17) is 11.6 Å². The number of halogens is 1. The molecule has 0 aliphatic rings. The van der Waals surface area contributed by atoms with E-state index >= 15 is 0 Å². The Morgan fingerprint density at radius 3 is 2.62 bits per heavy atom. The van der Waals surface area contributed by atoms with Crippen molar-refractivity contribution >= 4 is 32.8 Å². The molecule has 0 N–H and O–H groups in total. The van der Waals surface area contributed by atoms with Gasteiger partial charge in [-0.2, -0.15) is 0 Å². The maximum Gasteiger partial charge on any atom is 0.211 e. The second-order valence-corrected chi connectivity index (χ2v) is 7.11. The molecule has 13 heavy (non-hydrogen) atoms. The molecule has 74 valence electrons. The van der Waals surface area contributed by atoms with E-state index in [1.54, 1.807) is 19.2 Å². The Kier molecular flexibility index (Phi) is 2.99. The summed E-state index contributed by atoms with van der Waals surface area (Å²) >= 11 is 6.71. The number of sulfone groups is 1. The van der Waals surface area contributed by atoms with Crippen LogP contribution in [0.25, 0.3) is 0 Å². The van der Waals surface area contributed by atoms with E-state index in [9.17, 15) is 8.42 Å². The molecular weight excluding hydrogens is 230 g/mol. The van der Waals surface area contributed by atoms with Gasteiger partial charge in [-0.25, -0.2) is 13.4 Å². The van der Waals surface area contributed by atoms with E-state index in [2.05, 4.69) is 4.98 Å². The van der Waals surface area contributed by atoms with E-state index in [0.29, 0.717) is 0 Å². The molecule has 1 heterocycles. The van der Waals surface area contributed by atoms with Crippen LogP contribution in [0.3, 0.4) is 0 Å². The molecule has 0 amide bonds. The van der Waals surface area contributed by atoms with Crippen LogP contribution >= 0.6 is 22.9 Å². The normalized spacial score (nSPS) is 13.2. The number of hydrogen-bond donors (Lipinski definition) is 0. The van der Waals surface area contributed by atoms with Crippen LogP contribution in [0.1, 0.15) is 13.8 Å². The van der Waals surface area contributed by atoms with E-state index < -0.39 is 14.6 Å². The summed E-state index contributed by atoms with van der Waals surface area (Å²) in [5.74, 6) is 0.0644. The zero-order valence-corrected chi connectivity index (χ0v) is 9.71. The Bertz CT molecular complexity index is 369. The number of nitrogens with zero attached hydrogens (tertiary/aromatic N) is 1. The highest BCUT2D eigenvalue weighted by Crippen LogP contribution is 2.27. The summed E-state index contributed by atoms with van der Waals surface area (Å²) in [6.45, 7) is 3.19. The number of hydrogen-bond acceptors (Lipinski definition) is 4. The summed E-state index contributed by atoms with van der Waals surface area (Å²) in [5.41, 5.74) is 0. The first-order valence-corrected chi connectivity index (χ1v) is 6.51. The molecule has 1 aromatic rings.